The molecule has 0 radical (unpaired) electrons. The number of hydrogen-bond donors (Lipinski definition) is 0. The quantitative estimate of drug-likeness (QED) is 0.607. The maximum absolute atomic E-state index is 12.3. The monoisotopic (exact) mass is 266 g/mol. The molecule has 0 aliphatic rings. The highest BCUT2D eigenvalue weighted by atomic mass is 16.3. The summed E-state index contributed by atoms with van der Waals surface area (Å²) >= 11 is 0. The number of hydrogen-bond acceptors (Lipinski definition) is 2. The highest BCUT2D eigenvalue weighted by Gasteiger charge is 2.13. The summed E-state index contributed by atoms with van der Waals surface area (Å²) in [5, 5.41) is 2.09. The predicted molar refractivity (Wildman–Crippen MR) is 82.1 cm³/mol. The van der Waals surface area contributed by atoms with Crippen LogP contribution < -0.4 is 0 Å². The largest absolute Gasteiger partial charge is 0.456 e. The maximum atomic E-state index is 12.3. The van der Waals surface area contributed by atoms with Gasteiger partial charge in [0.2, 0.25) is 0 Å². The molecule has 0 amide bonds. The van der Waals surface area contributed by atoms with E-state index in [0.29, 0.717) is 12.3 Å². The number of benzene rings is 2. The fourth-order valence-electron chi connectivity index (χ4n) is 2.48. The second-order valence-corrected chi connectivity index (χ2v) is 5.45. The minimum absolute atomic E-state index is 0.214. The van der Waals surface area contributed by atoms with Gasteiger partial charge in [-0.1, -0.05) is 38.5 Å². The summed E-state index contributed by atoms with van der Waals surface area (Å²) in [7, 11) is 0. The summed E-state index contributed by atoms with van der Waals surface area (Å²) in [5.74, 6) is 0.644. The topological polar surface area (TPSA) is 30.2 Å². The van der Waals surface area contributed by atoms with Crippen LogP contribution in [0.5, 0.6) is 0 Å². The molecule has 0 saturated heterocycles. The summed E-state index contributed by atoms with van der Waals surface area (Å²) < 4.78 is 5.78. The van der Waals surface area contributed by atoms with Gasteiger partial charge in [-0.2, -0.15) is 0 Å². The van der Waals surface area contributed by atoms with Crippen LogP contribution in [-0.2, 0) is 0 Å². The Labute approximate surface area is 118 Å². The molecule has 0 N–H and O–H groups in total. The van der Waals surface area contributed by atoms with Crippen molar-refractivity contribution in [3.63, 3.8) is 0 Å². The SMILES string of the molecule is CCC(C)CC(=O)c1ccc2oc3ccccc3c2c1. The van der Waals surface area contributed by atoms with Crippen molar-refractivity contribution in [1.82, 2.24) is 0 Å². The zero-order valence-electron chi connectivity index (χ0n) is 11.8. The van der Waals surface area contributed by atoms with Gasteiger partial charge in [0.1, 0.15) is 11.2 Å². The highest BCUT2D eigenvalue weighted by Crippen LogP contribution is 2.29. The van der Waals surface area contributed by atoms with E-state index in [1.54, 1.807) is 0 Å². The van der Waals surface area contributed by atoms with E-state index in [9.17, 15) is 4.79 Å². The Morgan fingerprint density at radius 1 is 1.10 bits per heavy atom. The van der Waals surface area contributed by atoms with Crippen LogP contribution in [0.4, 0.5) is 0 Å². The van der Waals surface area contributed by atoms with E-state index in [-0.39, 0.29) is 5.78 Å². The Hall–Kier alpha value is -2.09. The Balaban J connectivity index is 2.05. The van der Waals surface area contributed by atoms with Gasteiger partial charge in [-0.05, 0) is 30.2 Å². The number of ketones is 1. The van der Waals surface area contributed by atoms with E-state index in [1.165, 1.54) is 0 Å². The number of carbonyl (C=O) groups excluding carboxylic acids is 1. The second kappa shape index (κ2) is 5.12. The summed E-state index contributed by atoms with van der Waals surface area (Å²) in [6, 6.07) is 13.7. The van der Waals surface area contributed by atoms with Gasteiger partial charge >= 0.3 is 0 Å². The van der Waals surface area contributed by atoms with Gasteiger partial charge < -0.3 is 4.42 Å². The molecular formula is C18H18O2. The van der Waals surface area contributed by atoms with Crippen molar-refractivity contribution in [3.8, 4) is 0 Å². The molecule has 0 aliphatic carbocycles. The molecule has 20 heavy (non-hydrogen) atoms. The Morgan fingerprint density at radius 2 is 1.85 bits per heavy atom. The Kier molecular flexibility index (Phi) is 3.31. The number of Topliss-reactive ketones (excluding diaryl/α,β-unsaturated/α-hetero) is 1. The first-order valence-corrected chi connectivity index (χ1v) is 7.13. The van der Waals surface area contributed by atoms with Gasteiger partial charge in [-0.3, -0.25) is 4.79 Å². The summed E-state index contributed by atoms with van der Waals surface area (Å²) in [6.45, 7) is 4.23. The molecule has 1 heterocycles. The van der Waals surface area contributed by atoms with Crippen molar-refractivity contribution in [2.45, 2.75) is 26.7 Å². The molecule has 2 aromatic carbocycles. The van der Waals surface area contributed by atoms with Gasteiger partial charge in [-0.15, -0.1) is 0 Å². The molecule has 2 nitrogen and oxygen atoms in total. The normalized spacial score (nSPS) is 12.9. The molecule has 0 aliphatic heterocycles. The maximum Gasteiger partial charge on any atom is 0.163 e. The summed E-state index contributed by atoms with van der Waals surface area (Å²) in [5.41, 5.74) is 2.49. The molecule has 0 fully saturated rings. The predicted octanol–water partition coefficient (Wildman–Crippen LogP) is 5.20. The smallest absolute Gasteiger partial charge is 0.163 e. The molecule has 1 atom stereocenters. The van der Waals surface area contributed by atoms with E-state index >= 15 is 0 Å². The third-order valence-corrected chi connectivity index (χ3v) is 3.93. The van der Waals surface area contributed by atoms with Gasteiger partial charge in [0, 0.05) is 22.8 Å². The fraction of sp³-hybridized carbons (Fsp3) is 0.278. The summed E-state index contributed by atoms with van der Waals surface area (Å²) in [6.07, 6.45) is 1.64. The van der Waals surface area contributed by atoms with Crippen LogP contribution in [0.25, 0.3) is 21.9 Å². The van der Waals surface area contributed by atoms with Crippen LogP contribution in [0.3, 0.4) is 0 Å². The van der Waals surface area contributed by atoms with E-state index < -0.39 is 0 Å². The first-order chi connectivity index (χ1) is 9.69. The second-order valence-electron chi connectivity index (χ2n) is 5.45. The average molecular weight is 266 g/mol. The first kappa shape index (κ1) is 12.9. The molecule has 2 heteroatoms. The molecule has 1 unspecified atom stereocenters. The first-order valence-electron chi connectivity index (χ1n) is 7.13. The minimum Gasteiger partial charge on any atom is -0.456 e. The van der Waals surface area contributed by atoms with Crippen molar-refractivity contribution in [3.05, 3.63) is 48.0 Å². The zero-order chi connectivity index (χ0) is 14.1. The van der Waals surface area contributed by atoms with E-state index in [0.717, 1.165) is 33.9 Å². The minimum atomic E-state index is 0.214. The van der Waals surface area contributed by atoms with Crippen LogP contribution in [-0.4, -0.2) is 5.78 Å². The Bertz CT molecular complexity index is 767. The van der Waals surface area contributed by atoms with E-state index in [4.69, 9.17) is 4.42 Å². The number of fused-ring (bicyclic) bond motifs is 3. The molecule has 0 bridgehead atoms. The average Bonchev–Trinajstić information content (AvgIpc) is 2.84. The van der Waals surface area contributed by atoms with Crippen LogP contribution in [0, 0.1) is 5.92 Å². The molecule has 0 spiro atoms. The standard InChI is InChI=1S/C18H18O2/c1-3-12(2)10-16(19)13-8-9-18-15(11-13)14-6-4-5-7-17(14)20-18/h4-9,11-12H,3,10H2,1-2H3. The number of rotatable bonds is 4. The lowest BCUT2D eigenvalue weighted by Gasteiger charge is -2.07. The lowest BCUT2D eigenvalue weighted by molar-refractivity contribution is 0.0964. The van der Waals surface area contributed by atoms with Crippen molar-refractivity contribution in [2.24, 2.45) is 5.92 Å². The lowest BCUT2D eigenvalue weighted by Crippen LogP contribution is -2.05. The van der Waals surface area contributed by atoms with E-state index in [2.05, 4.69) is 13.8 Å². The molecule has 3 aromatic rings. The van der Waals surface area contributed by atoms with Crippen LogP contribution in [0.15, 0.2) is 46.9 Å². The van der Waals surface area contributed by atoms with Crippen LogP contribution in [0.1, 0.15) is 37.0 Å². The van der Waals surface area contributed by atoms with Gasteiger partial charge in [-0.25, -0.2) is 0 Å². The van der Waals surface area contributed by atoms with Crippen molar-refractivity contribution < 1.29 is 9.21 Å². The molecule has 0 saturated carbocycles. The molecule has 1 aromatic heterocycles. The third-order valence-electron chi connectivity index (χ3n) is 3.93. The third kappa shape index (κ3) is 2.22. The van der Waals surface area contributed by atoms with Crippen molar-refractivity contribution in [2.75, 3.05) is 0 Å². The van der Waals surface area contributed by atoms with Crippen molar-refractivity contribution in [1.29, 1.82) is 0 Å². The lowest BCUT2D eigenvalue weighted by atomic mass is 9.97. The number of para-hydroxylation sites is 1. The molecule has 3 rings (SSSR count). The van der Waals surface area contributed by atoms with E-state index in [1.807, 2.05) is 42.5 Å². The summed E-state index contributed by atoms with van der Waals surface area (Å²) in [4.78, 5) is 12.3. The van der Waals surface area contributed by atoms with Crippen molar-refractivity contribution >= 4 is 27.7 Å². The number of carbonyl (C=O) groups is 1. The van der Waals surface area contributed by atoms with Gasteiger partial charge in [0.15, 0.2) is 5.78 Å². The van der Waals surface area contributed by atoms with Crippen LogP contribution >= 0.6 is 0 Å². The fourth-order valence-corrected chi connectivity index (χ4v) is 2.48. The van der Waals surface area contributed by atoms with Crippen LogP contribution in [0.2, 0.25) is 0 Å². The molecular weight excluding hydrogens is 248 g/mol. The highest BCUT2D eigenvalue weighted by molar-refractivity contribution is 6.08. The van der Waals surface area contributed by atoms with Gasteiger partial charge in [0.05, 0.1) is 0 Å². The zero-order valence-corrected chi connectivity index (χ0v) is 11.8. The number of furan rings is 1. The Morgan fingerprint density at radius 3 is 2.65 bits per heavy atom. The van der Waals surface area contributed by atoms with Gasteiger partial charge in [0.25, 0.3) is 0 Å². The molecule has 102 valence electrons.